The lowest BCUT2D eigenvalue weighted by Crippen LogP contribution is -2.35. The van der Waals surface area contributed by atoms with E-state index in [2.05, 4.69) is 32.3 Å². The Morgan fingerprint density at radius 1 is 1.13 bits per heavy atom. The lowest BCUT2D eigenvalue weighted by atomic mass is 9.89. The van der Waals surface area contributed by atoms with Crippen molar-refractivity contribution in [2.24, 2.45) is 11.8 Å². The number of fused-ring (bicyclic) bond motifs is 1. The van der Waals surface area contributed by atoms with Gasteiger partial charge in [-0.1, -0.05) is 47.6 Å². The van der Waals surface area contributed by atoms with Crippen molar-refractivity contribution in [1.82, 2.24) is 25.1 Å². The SMILES string of the molecule is CCc1cc(C(=O)N2C[C@@H]3CN(Cc4nc(C)no4)C[C@@H]3[C@H]2c2ccccc2)no1. The van der Waals surface area contributed by atoms with E-state index in [4.69, 9.17) is 9.05 Å². The molecule has 3 atom stereocenters. The molecule has 0 spiro atoms. The number of likely N-dealkylation sites (tertiary alicyclic amines) is 2. The summed E-state index contributed by atoms with van der Waals surface area (Å²) in [4.78, 5) is 22.0. The zero-order valence-corrected chi connectivity index (χ0v) is 17.2. The van der Waals surface area contributed by atoms with Gasteiger partial charge in [0.15, 0.2) is 11.5 Å². The number of benzene rings is 1. The van der Waals surface area contributed by atoms with E-state index in [0.29, 0.717) is 42.3 Å². The highest BCUT2D eigenvalue weighted by atomic mass is 16.5. The van der Waals surface area contributed by atoms with Crippen molar-refractivity contribution in [3.05, 3.63) is 65.1 Å². The van der Waals surface area contributed by atoms with Crippen LogP contribution in [-0.4, -0.2) is 50.6 Å². The van der Waals surface area contributed by atoms with Crippen LogP contribution in [0.25, 0.3) is 0 Å². The minimum atomic E-state index is -0.0548. The normalized spacial score (nSPS) is 23.8. The average molecular weight is 407 g/mol. The predicted octanol–water partition coefficient (Wildman–Crippen LogP) is 2.87. The summed E-state index contributed by atoms with van der Waals surface area (Å²) < 4.78 is 10.6. The lowest BCUT2D eigenvalue weighted by Gasteiger charge is -2.29. The highest BCUT2D eigenvalue weighted by molar-refractivity contribution is 5.92. The molecule has 8 nitrogen and oxygen atoms in total. The van der Waals surface area contributed by atoms with Crippen LogP contribution in [0.15, 0.2) is 45.4 Å². The van der Waals surface area contributed by atoms with Crippen LogP contribution in [0.5, 0.6) is 0 Å². The molecule has 0 saturated carbocycles. The summed E-state index contributed by atoms with van der Waals surface area (Å²) >= 11 is 0. The molecule has 4 heterocycles. The van der Waals surface area contributed by atoms with Crippen LogP contribution in [0, 0.1) is 18.8 Å². The van der Waals surface area contributed by atoms with E-state index in [-0.39, 0.29) is 11.9 Å². The molecular weight excluding hydrogens is 382 g/mol. The van der Waals surface area contributed by atoms with Gasteiger partial charge >= 0.3 is 0 Å². The van der Waals surface area contributed by atoms with E-state index < -0.39 is 0 Å². The Balaban J connectivity index is 1.39. The third-order valence-corrected chi connectivity index (χ3v) is 6.20. The molecule has 2 fully saturated rings. The maximum absolute atomic E-state index is 13.3. The van der Waals surface area contributed by atoms with Gasteiger partial charge in [0.05, 0.1) is 12.6 Å². The van der Waals surface area contributed by atoms with E-state index in [1.165, 1.54) is 0 Å². The van der Waals surface area contributed by atoms with Crippen molar-refractivity contribution in [3.63, 3.8) is 0 Å². The van der Waals surface area contributed by atoms with Crippen LogP contribution in [-0.2, 0) is 13.0 Å². The van der Waals surface area contributed by atoms with Crippen molar-refractivity contribution in [1.29, 1.82) is 0 Å². The summed E-state index contributed by atoms with van der Waals surface area (Å²) in [5.74, 6) is 2.71. The Morgan fingerprint density at radius 3 is 2.67 bits per heavy atom. The Bertz CT molecular complexity index is 1030. The molecule has 2 aliphatic rings. The zero-order valence-electron chi connectivity index (χ0n) is 17.2. The van der Waals surface area contributed by atoms with Crippen LogP contribution in [0.3, 0.4) is 0 Å². The third kappa shape index (κ3) is 3.41. The van der Waals surface area contributed by atoms with Gasteiger partial charge in [-0.25, -0.2) is 0 Å². The highest BCUT2D eigenvalue weighted by Gasteiger charge is 2.49. The minimum absolute atomic E-state index is 0.0138. The summed E-state index contributed by atoms with van der Waals surface area (Å²) in [6, 6.07) is 12.1. The molecule has 0 radical (unpaired) electrons. The monoisotopic (exact) mass is 407 g/mol. The standard InChI is InChI=1S/C22H25N5O3/c1-3-17-9-19(25-29-17)22(28)27-11-16-10-26(13-20-23-14(2)24-30-20)12-18(16)21(27)15-7-5-4-6-8-15/h4-9,16,18,21H,3,10-13H2,1-2H3/t16-,18-,21+/m0/s1. The Labute approximate surface area is 174 Å². The highest BCUT2D eigenvalue weighted by Crippen LogP contribution is 2.45. The van der Waals surface area contributed by atoms with Crippen molar-refractivity contribution < 1.29 is 13.8 Å². The fraction of sp³-hybridized carbons (Fsp3) is 0.455. The van der Waals surface area contributed by atoms with Gasteiger partial charge < -0.3 is 13.9 Å². The van der Waals surface area contributed by atoms with Crippen molar-refractivity contribution in [2.45, 2.75) is 32.9 Å². The number of carbonyl (C=O) groups excluding carboxylic acids is 1. The quantitative estimate of drug-likeness (QED) is 0.642. The van der Waals surface area contributed by atoms with Gasteiger partial charge in [-0.15, -0.1) is 0 Å². The lowest BCUT2D eigenvalue weighted by molar-refractivity contribution is 0.0687. The van der Waals surface area contributed by atoms with Crippen molar-refractivity contribution >= 4 is 5.91 Å². The molecule has 0 unspecified atom stereocenters. The van der Waals surface area contributed by atoms with E-state index in [1.54, 1.807) is 6.07 Å². The first kappa shape index (κ1) is 19.0. The third-order valence-electron chi connectivity index (χ3n) is 6.20. The number of aryl methyl sites for hydroxylation is 2. The molecule has 0 aliphatic carbocycles. The summed E-state index contributed by atoms with van der Waals surface area (Å²) in [5, 5.41) is 7.91. The molecule has 1 amide bonds. The van der Waals surface area contributed by atoms with Crippen molar-refractivity contribution in [3.8, 4) is 0 Å². The molecule has 5 rings (SSSR count). The van der Waals surface area contributed by atoms with Crippen LogP contribution < -0.4 is 0 Å². The molecule has 2 saturated heterocycles. The smallest absolute Gasteiger partial charge is 0.276 e. The average Bonchev–Trinajstić information content (AvgIpc) is 3.52. The number of hydrogen-bond donors (Lipinski definition) is 0. The molecular formula is C22H25N5O3. The van der Waals surface area contributed by atoms with Gasteiger partial charge in [0.25, 0.3) is 5.91 Å². The summed E-state index contributed by atoms with van der Waals surface area (Å²) in [5.41, 5.74) is 1.55. The number of hydrogen-bond acceptors (Lipinski definition) is 7. The summed E-state index contributed by atoms with van der Waals surface area (Å²) in [6.07, 6.45) is 0.720. The second-order valence-electron chi connectivity index (χ2n) is 8.20. The van der Waals surface area contributed by atoms with E-state index in [1.807, 2.05) is 36.9 Å². The summed E-state index contributed by atoms with van der Waals surface area (Å²) in [7, 11) is 0. The Hall–Kier alpha value is -3.00. The molecule has 1 aromatic carbocycles. The van der Waals surface area contributed by atoms with Gasteiger partial charge in [0.1, 0.15) is 5.76 Å². The molecule has 156 valence electrons. The van der Waals surface area contributed by atoms with E-state index >= 15 is 0 Å². The predicted molar refractivity (Wildman–Crippen MR) is 107 cm³/mol. The molecule has 8 heteroatoms. The fourth-order valence-corrected chi connectivity index (χ4v) is 4.88. The molecule has 0 bridgehead atoms. The molecule has 2 aromatic heterocycles. The van der Waals surface area contributed by atoms with Gasteiger partial charge in [-0.2, -0.15) is 4.98 Å². The van der Waals surface area contributed by atoms with Crippen LogP contribution >= 0.6 is 0 Å². The number of nitrogens with zero attached hydrogens (tertiary/aromatic N) is 5. The number of carbonyl (C=O) groups is 1. The number of aromatic nitrogens is 3. The maximum atomic E-state index is 13.3. The first-order chi connectivity index (χ1) is 14.6. The molecule has 0 N–H and O–H groups in total. The number of rotatable bonds is 5. The second kappa shape index (κ2) is 7.68. The van der Waals surface area contributed by atoms with E-state index in [0.717, 1.165) is 30.8 Å². The molecule has 30 heavy (non-hydrogen) atoms. The molecule has 2 aliphatic heterocycles. The maximum Gasteiger partial charge on any atom is 0.276 e. The Morgan fingerprint density at radius 2 is 1.97 bits per heavy atom. The van der Waals surface area contributed by atoms with E-state index in [9.17, 15) is 4.79 Å². The topological polar surface area (TPSA) is 88.5 Å². The first-order valence-corrected chi connectivity index (χ1v) is 10.5. The largest absolute Gasteiger partial charge is 0.361 e. The zero-order chi connectivity index (χ0) is 20.7. The van der Waals surface area contributed by atoms with Gasteiger partial charge in [-0.05, 0) is 18.4 Å². The van der Waals surface area contributed by atoms with Gasteiger partial charge in [0, 0.05) is 38.0 Å². The number of amides is 1. The van der Waals surface area contributed by atoms with Crippen LogP contribution in [0.1, 0.15) is 46.5 Å². The van der Waals surface area contributed by atoms with Crippen molar-refractivity contribution in [2.75, 3.05) is 19.6 Å². The fourth-order valence-electron chi connectivity index (χ4n) is 4.88. The summed E-state index contributed by atoms with van der Waals surface area (Å²) in [6.45, 7) is 6.95. The first-order valence-electron chi connectivity index (χ1n) is 10.5. The van der Waals surface area contributed by atoms with Gasteiger partial charge in [0.2, 0.25) is 5.89 Å². The molecule has 3 aromatic rings. The Kier molecular flexibility index (Phi) is 4.86. The van der Waals surface area contributed by atoms with Crippen LogP contribution in [0.2, 0.25) is 0 Å². The van der Waals surface area contributed by atoms with Crippen LogP contribution in [0.4, 0.5) is 0 Å². The minimum Gasteiger partial charge on any atom is -0.361 e. The van der Waals surface area contributed by atoms with Gasteiger partial charge in [-0.3, -0.25) is 9.69 Å². The second-order valence-corrected chi connectivity index (χ2v) is 8.20.